The fraction of sp³-hybridized carbons (Fsp3) is 0.318. The van der Waals surface area contributed by atoms with E-state index in [1.165, 1.54) is 0 Å². The van der Waals surface area contributed by atoms with Gasteiger partial charge >= 0.3 is 0 Å². The number of para-hydroxylation sites is 1. The van der Waals surface area contributed by atoms with Crippen molar-refractivity contribution < 1.29 is 19.0 Å². The van der Waals surface area contributed by atoms with Crippen LogP contribution in [-0.4, -0.2) is 27.1 Å². The summed E-state index contributed by atoms with van der Waals surface area (Å²) in [6.07, 6.45) is 2.31. The number of allylic oxidation sites excluding steroid dienone is 2. The van der Waals surface area contributed by atoms with Crippen LogP contribution in [0.2, 0.25) is 0 Å². The number of carbonyl (C=O) groups is 1. The number of ether oxygens (including phenoxy) is 3. The molecule has 140 valence electrons. The van der Waals surface area contributed by atoms with Crippen molar-refractivity contribution in [3.8, 4) is 17.2 Å². The van der Waals surface area contributed by atoms with Gasteiger partial charge in [0.05, 0.1) is 21.3 Å². The van der Waals surface area contributed by atoms with Crippen molar-refractivity contribution in [3.05, 3.63) is 58.8 Å². The van der Waals surface area contributed by atoms with Crippen molar-refractivity contribution in [2.24, 2.45) is 0 Å². The molecule has 1 heterocycles. The molecule has 0 fully saturated rings. The maximum Gasteiger partial charge on any atom is 0.162 e. The summed E-state index contributed by atoms with van der Waals surface area (Å²) in [6, 6.07) is 11.8. The lowest BCUT2D eigenvalue weighted by Crippen LogP contribution is -2.27. The Kier molecular flexibility index (Phi) is 4.52. The van der Waals surface area contributed by atoms with Gasteiger partial charge in [0.15, 0.2) is 17.3 Å². The molecule has 1 aliphatic carbocycles. The fourth-order valence-electron chi connectivity index (χ4n) is 4.12. The minimum absolute atomic E-state index is 0.194. The van der Waals surface area contributed by atoms with Crippen LogP contribution in [0.1, 0.15) is 36.3 Å². The number of fused-ring (bicyclic) bond motifs is 1. The summed E-state index contributed by atoms with van der Waals surface area (Å²) in [7, 11) is 4.90. The smallest absolute Gasteiger partial charge is 0.162 e. The molecule has 5 nitrogen and oxygen atoms in total. The predicted octanol–water partition coefficient (Wildman–Crippen LogP) is 4.28. The van der Waals surface area contributed by atoms with E-state index in [1.54, 1.807) is 21.3 Å². The molecule has 5 heteroatoms. The Balaban J connectivity index is 1.98. The Morgan fingerprint density at radius 2 is 1.59 bits per heavy atom. The first kappa shape index (κ1) is 17.5. The molecule has 0 spiro atoms. The molecule has 0 radical (unpaired) electrons. The highest BCUT2D eigenvalue weighted by molar-refractivity contribution is 6.01. The molecular formula is C22H23NO4. The third kappa shape index (κ3) is 2.83. The fourth-order valence-corrected chi connectivity index (χ4v) is 4.12. The average molecular weight is 365 g/mol. The van der Waals surface area contributed by atoms with Crippen LogP contribution in [0, 0.1) is 0 Å². The summed E-state index contributed by atoms with van der Waals surface area (Å²) in [5.41, 5.74) is 4.76. The first-order valence-corrected chi connectivity index (χ1v) is 9.10. The van der Waals surface area contributed by atoms with E-state index in [2.05, 4.69) is 5.32 Å². The number of nitrogens with one attached hydrogen (secondary N) is 1. The van der Waals surface area contributed by atoms with Gasteiger partial charge in [-0.3, -0.25) is 4.79 Å². The van der Waals surface area contributed by atoms with Gasteiger partial charge in [-0.2, -0.15) is 0 Å². The van der Waals surface area contributed by atoms with Gasteiger partial charge in [-0.15, -0.1) is 0 Å². The number of benzene rings is 2. The third-order valence-electron chi connectivity index (χ3n) is 5.35. The summed E-state index contributed by atoms with van der Waals surface area (Å²) >= 11 is 0. The normalized spacial score (nSPS) is 18.3. The topological polar surface area (TPSA) is 56.8 Å². The van der Waals surface area contributed by atoms with Crippen molar-refractivity contribution >= 4 is 11.5 Å². The van der Waals surface area contributed by atoms with E-state index in [0.717, 1.165) is 46.7 Å². The average Bonchev–Trinajstić information content (AvgIpc) is 2.71. The number of rotatable bonds is 4. The summed E-state index contributed by atoms with van der Waals surface area (Å²) < 4.78 is 16.6. The van der Waals surface area contributed by atoms with Gasteiger partial charge in [0, 0.05) is 40.9 Å². The van der Waals surface area contributed by atoms with Crippen LogP contribution >= 0.6 is 0 Å². The second-order valence-corrected chi connectivity index (χ2v) is 6.76. The van der Waals surface area contributed by atoms with Crippen LogP contribution in [0.25, 0.3) is 0 Å². The number of ketones is 1. The van der Waals surface area contributed by atoms with Crippen molar-refractivity contribution in [2.45, 2.75) is 25.2 Å². The molecule has 0 amide bonds. The minimum Gasteiger partial charge on any atom is -0.496 e. The van der Waals surface area contributed by atoms with E-state index in [-0.39, 0.29) is 11.7 Å². The highest BCUT2D eigenvalue weighted by Crippen LogP contribution is 2.50. The van der Waals surface area contributed by atoms with E-state index in [9.17, 15) is 4.79 Å². The lowest BCUT2D eigenvalue weighted by Gasteiger charge is -2.35. The SMILES string of the molecule is COc1cc2c(cc1OC)[C@@H](c1ccccc1OC)C1=C(CCCC1=O)N2. The minimum atomic E-state index is -0.194. The zero-order valence-corrected chi connectivity index (χ0v) is 15.8. The van der Waals surface area contributed by atoms with Crippen LogP contribution in [0.4, 0.5) is 5.69 Å². The molecule has 0 aromatic heterocycles. The Morgan fingerprint density at radius 3 is 2.33 bits per heavy atom. The lowest BCUT2D eigenvalue weighted by molar-refractivity contribution is -0.116. The molecule has 1 aliphatic heterocycles. The van der Waals surface area contributed by atoms with E-state index >= 15 is 0 Å². The summed E-state index contributed by atoms with van der Waals surface area (Å²) in [5, 5.41) is 3.47. The Morgan fingerprint density at radius 1 is 0.889 bits per heavy atom. The van der Waals surface area contributed by atoms with E-state index in [4.69, 9.17) is 14.2 Å². The van der Waals surface area contributed by atoms with Crippen LogP contribution in [0.3, 0.4) is 0 Å². The molecular weight excluding hydrogens is 342 g/mol. The van der Waals surface area contributed by atoms with Crippen molar-refractivity contribution in [3.63, 3.8) is 0 Å². The van der Waals surface area contributed by atoms with Gasteiger partial charge < -0.3 is 19.5 Å². The standard InChI is InChI=1S/C22H23NO4/c1-25-18-10-5-4-7-13(18)21-14-11-19(26-2)20(27-3)12-16(14)23-15-8-6-9-17(24)22(15)21/h4-5,7,10-12,21,23H,6,8-9H2,1-3H3/t21-/m1/s1. The molecule has 0 saturated carbocycles. The van der Waals surface area contributed by atoms with Gasteiger partial charge in [-0.05, 0) is 30.5 Å². The van der Waals surface area contributed by atoms with Gasteiger partial charge in [0.1, 0.15) is 5.75 Å². The summed E-state index contributed by atoms with van der Waals surface area (Å²) in [4.78, 5) is 12.9. The summed E-state index contributed by atoms with van der Waals surface area (Å²) in [5.74, 6) is 2.08. The number of methoxy groups -OCH3 is 3. The Hall–Kier alpha value is -2.95. The predicted molar refractivity (Wildman–Crippen MR) is 104 cm³/mol. The van der Waals surface area contributed by atoms with E-state index < -0.39 is 0 Å². The molecule has 2 aliphatic rings. The first-order chi connectivity index (χ1) is 13.2. The highest BCUT2D eigenvalue weighted by Gasteiger charge is 2.37. The molecule has 0 bridgehead atoms. The molecule has 0 saturated heterocycles. The molecule has 27 heavy (non-hydrogen) atoms. The van der Waals surface area contributed by atoms with E-state index in [1.807, 2.05) is 36.4 Å². The third-order valence-corrected chi connectivity index (χ3v) is 5.35. The summed E-state index contributed by atoms with van der Waals surface area (Å²) in [6.45, 7) is 0. The van der Waals surface area contributed by atoms with E-state index in [0.29, 0.717) is 17.9 Å². The number of anilines is 1. The molecule has 4 rings (SSSR count). The molecule has 2 aromatic carbocycles. The van der Waals surface area contributed by atoms with Gasteiger partial charge in [0.25, 0.3) is 0 Å². The number of carbonyl (C=O) groups excluding carboxylic acids is 1. The molecule has 1 atom stereocenters. The van der Waals surface area contributed by atoms with Crippen LogP contribution in [0.15, 0.2) is 47.7 Å². The number of hydrogen-bond acceptors (Lipinski definition) is 5. The van der Waals surface area contributed by atoms with Gasteiger partial charge in [-0.1, -0.05) is 18.2 Å². The zero-order valence-electron chi connectivity index (χ0n) is 15.8. The Labute approximate surface area is 158 Å². The number of Topliss-reactive ketones (excluding diaryl/α,β-unsaturated/α-hetero) is 1. The van der Waals surface area contributed by atoms with Crippen molar-refractivity contribution in [1.29, 1.82) is 0 Å². The molecule has 2 aromatic rings. The van der Waals surface area contributed by atoms with Crippen LogP contribution < -0.4 is 19.5 Å². The van der Waals surface area contributed by atoms with Crippen LogP contribution in [0.5, 0.6) is 17.2 Å². The molecule has 0 unspecified atom stereocenters. The quantitative estimate of drug-likeness (QED) is 0.877. The first-order valence-electron chi connectivity index (χ1n) is 9.10. The van der Waals surface area contributed by atoms with Crippen molar-refractivity contribution in [1.82, 2.24) is 0 Å². The van der Waals surface area contributed by atoms with Crippen LogP contribution in [-0.2, 0) is 4.79 Å². The van der Waals surface area contributed by atoms with Gasteiger partial charge in [0.2, 0.25) is 0 Å². The lowest BCUT2D eigenvalue weighted by atomic mass is 9.75. The largest absolute Gasteiger partial charge is 0.496 e. The maximum absolute atomic E-state index is 12.9. The second-order valence-electron chi connectivity index (χ2n) is 6.76. The Bertz CT molecular complexity index is 932. The molecule has 1 N–H and O–H groups in total. The van der Waals surface area contributed by atoms with Crippen molar-refractivity contribution in [2.75, 3.05) is 26.6 Å². The monoisotopic (exact) mass is 365 g/mol. The second kappa shape index (κ2) is 6.99. The highest BCUT2D eigenvalue weighted by atomic mass is 16.5. The number of hydrogen-bond donors (Lipinski definition) is 1. The zero-order chi connectivity index (χ0) is 19.0. The maximum atomic E-state index is 12.9. The van der Waals surface area contributed by atoms with Gasteiger partial charge in [-0.25, -0.2) is 0 Å².